The minimum Gasteiger partial charge on any atom is -0.262 e. The Labute approximate surface area is 113 Å². The Bertz CT molecular complexity index is 561. The number of aromatic amines is 1. The quantitative estimate of drug-likeness (QED) is 0.910. The van der Waals surface area contributed by atoms with Crippen molar-refractivity contribution in [3.05, 3.63) is 34.3 Å². The summed E-state index contributed by atoms with van der Waals surface area (Å²) in [6.07, 6.45) is 4.86. The van der Waals surface area contributed by atoms with Gasteiger partial charge >= 0.3 is 0 Å². The highest BCUT2D eigenvalue weighted by Crippen LogP contribution is 2.32. The van der Waals surface area contributed by atoms with Crippen LogP contribution in [0.1, 0.15) is 37.4 Å². The first-order chi connectivity index (χ1) is 8.74. The Morgan fingerprint density at radius 2 is 2.06 bits per heavy atom. The molecule has 3 rings (SSSR count). The van der Waals surface area contributed by atoms with Crippen molar-refractivity contribution in [2.45, 2.75) is 31.6 Å². The highest BCUT2D eigenvalue weighted by atomic mass is 79.9. The van der Waals surface area contributed by atoms with Crippen LogP contribution < -0.4 is 0 Å². The molecule has 1 aromatic heterocycles. The van der Waals surface area contributed by atoms with Crippen LogP contribution >= 0.6 is 15.9 Å². The van der Waals surface area contributed by atoms with Gasteiger partial charge in [-0.1, -0.05) is 12.8 Å². The van der Waals surface area contributed by atoms with Crippen LogP contribution in [0.2, 0.25) is 0 Å². The lowest BCUT2D eigenvalue weighted by molar-refractivity contribution is 0.621. The van der Waals surface area contributed by atoms with Crippen LogP contribution in [0.15, 0.2) is 22.7 Å². The lowest BCUT2D eigenvalue weighted by Crippen LogP contribution is -1.94. The highest BCUT2D eigenvalue weighted by Gasteiger charge is 2.21. The van der Waals surface area contributed by atoms with E-state index in [1.165, 1.54) is 31.7 Å². The van der Waals surface area contributed by atoms with E-state index in [9.17, 15) is 4.39 Å². The molecule has 1 saturated carbocycles. The van der Waals surface area contributed by atoms with E-state index in [0.717, 1.165) is 5.82 Å². The summed E-state index contributed by atoms with van der Waals surface area (Å²) in [4.78, 5) is 4.48. The molecule has 0 unspecified atom stereocenters. The number of benzene rings is 1. The number of hydrogen-bond donors (Lipinski definition) is 1. The van der Waals surface area contributed by atoms with Gasteiger partial charge in [0.1, 0.15) is 11.6 Å². The van der Waals surface area contributed by atoms with E-state index in [2.05, 4.69) is 31.1 Å². The molecule has 1 fully saturated rings. The molecule has 0 atom stereocenters. The van der Waals surface area contributed by atoms with Crippen LogP contribution in [0.25, 0.3) is 11.4 Å². The molecule has 18 heavy (non-hydrogen) atoms. The normalized spacial score (nSPS) is 16.3. The van der Waals surface area contributed by atoms with Gasteiger partial charge in [-0.15, -0.1) is 0 Å². The Kier molecular flexibility index (Phi) is 3.16. The minimum atomic E-state index is -0.292. The minimum absolute atomic E-state index is 0.292. The van der Waals surface area contributed by atoms with E-state index in [0.29, 0.717) is 21.8 Å². The fourth-order valence-corrected chi connectivity index (χ4v) is 2.67. The second-order valence-electron chi connectivity index (χ2n) is 4.65. The molecule has 1 N–H and O–H groups in total. The summed E-state index contributed by atoms with van der Waals surface area (Å²) in [6, 6.07) is 4.94. The van der Waals surface area contributed by atoms with Crippen molar-refractivity contribution in [1.82, 2.24) is 15.2 Å². The molecule has 0 radical (unpaired) electrons. The van der Waals surface area contributed by atoms with E-state index < -0.39 is 0 Å². The summed E-state index contributed by atoms with van der Waals surface area (Å²) in [7, 11) is 0. The molecule has 0 aliphatic heterocycles. The van der Waals surface area contributed by atoms with Gasteiger partial charge in [-0.05, 0) is 47.0 Å². The van der Waals surface area contributed by atoms with Crippen molar-refractivity contribution in [1.29, 1.82) is 0 Å². The molecule has 0 saturated heterocycles. The number of rotatable bonds is 2. The second-order valence-corrected chi connectivity index (χ2v) is 5.51. The van der Waals surface area contributed by atoms with Crippen molar-refractivity contribution in [2.24, 2.45) is 0 Å². The lowest BCUT2D eigenvalue weighted by atomic mass is 10.1. The zero-order valence-electron chi connectivity index (χ0n) is 9.79. The molecule has 5 heteroatoms. The maximum Gasteiger partial charge on any atom is 0.181 e. The smallest absolute Gasteiger partial charge is 0.181 e. The Morgan fingerprint density at radius 3 is 2.78 bits per heavy atom. The van der Waals surface area contributed by atoms with Crippen molar-refractivity contribution in [3.8, 4) is 11.4 Å². The third kappa shape index (κ3) is 2.19. The van der Waals surface area contributed by atoms with Crippen LogP contribution in [-0.2, 0) is 0 Å². The van der Waals surface area contributed by atoms with Crippen molar-refractivity contribution < 1.29 is 4.39 Å². The molecular formula is C13H13BrFN3. The number of halogens is 2. The largest absolute Gasteiger partial charge is 0.262 e. The van der Waals surface area contributed by atoms with E-state index in [-0.39, 0.29) is 5.82 Å². The maximum absolute atomic E-state index is 13.5. The van der Waals surface area contributed by atoms with Crippen LogP contribution in [0.3, 0.4) is 0 Å². The molecule has 0 spiro atoms. The number of nitrogens with one attached hydrogen (secondary N) is 1. The zero-order chi connectivity index (χ0) is 12.5. The van der Waals surface area contributed by atoms with Gasteiger partial charge in [0.25, 0.3) is 0 Å². The molecule has 1 aliphatic rings. The van der Waals surface area contributed by atoms with Crippen molar-refractivity contribution >= 4 is 15.9 Å². The molecule has 0 amide bonds. The Morgan fingerprint density at radius 1 is 1.28 bits per heavy atom. The highest BCUT2D eigenvalue weighted by molar-refractivity contribution is 9.10. The lowest BCUT2D eigenvalue weighted by Gasteiger charge is -2.02. The summed E-state index contributed by atoms with van der Waals surface area (Å²) < 4.78 is 13.9. The van der Waals surface area contributed by atoms with Gasteiger partial charge in [0, 0.05) is 11.5 Å². The number of hydrogen-bond acceptors (Lipinski definition) is 2. The topological polar surface area (TPSA) is 41.6 Å². The molecule has 1 heterocycles. The van der Waals surface area contributed by atoms with E-state index in [4.69, 9.17) is 0 Å². The monoisotopic (exact) mass is 309 g/mol. The SMILES string of the molecule is Fc1cc(-c2n[nH]c(C3CCCC3)n2)ccc1Br. The van der Waals surface area contributed by atoms with Gasteiger partial charge in [0.15, 0.2) is 5.82 Å². The number of H-pyrrole nitrogens is 1. The van der Waals surface area contributed by atoms with E-state index >= 15 is 0 Å². The van der Waals surface area contributed by atoms with Crippen LogP contribution in [0, 0.1) is 5.82 Å². The molecule has 3 nitrogen and oxygen atoms in total. The summed E-state index contributed by atoms with van der Waals surface area (Å²) >= 11 is 3.14. The van der Waals surface area contributed by atoms with E-state index in [1.54, 1.807) is 6.07 Å². The number of aromatic nitrogens is 3. The van der Waals surface area contributed by atoms with Gasteiger partial charge in [0.2, 0.25) is 0 Å². The first-order valence-electron chi connectivity index (χ1n) is 6.12. The van der Waals surface area contributed by atoms with Crippen molar-refractivity contribution in [3.63, 3.8) is 0 Å². The third-order valence-electron chi connectivity index (χ3n) is 3.42. The maximum atomic E-state index is 13.5. The molecule has 1 aliphatic carbocycles. The van der Waals surface area contributed by atoms with Gasteiger partial charge in [-0.25, -0.2) is 9.37 Å². The molecule has 2 aromatic rings. The molecular weight excluding hydrogens is 297 g/mol. The van der Waals surface area contributed by atoms with Crippen LogP contribution in [0.5, 0.6) is 0 Å². The Balaban J connectivity index is 1.89. The van der Waals surface area contributed by atoms with Crippen LogP contribution in [0.4, 0.5) is 4.39 Å². The predicted octanol–water partition coefficient (Wildman–Crippen LogP) is 4.03. The summed E-state index contributed by atoms with van der Waals surface area (Å²) in [5.74, 6) is 1.71. The summed E-state index contributed by atoms with van der Waals surface area (Å²) in [6.45, 7) is 0. The van der Waals surface area contributed by atoms with Crippen molar-refractivity contribution in [2.75, 3.05) is 0 Å². The fourth-order valence-electron chi connectivity index (χ4n) is 2.42. The molecule has 94 valence electrons. The first kappa shape index (κ1) is 11.8. The summed E-state index contributed by atoms with van der Waals surface area (Å²) in [5.41, 5.74) is 0.705. The second kappa shape index (κ2) is 4.80. The molecule has 1 aromatic carbocycles. The summed E-state index contributed by atoms with van der Waals surface area (Å²) in [5, 5.41) is 7.17. The predicted molar refractivity (Wildman–Crippen MR) is 70.7 cm³/mol. The van der Waals surface area contributed by atoms with E-state index in [1.807, 2.05) is 6.07 Å². The van der Waals surface area contributed by atoms with Gasteiger partial charge < -0.3 is 0 Å². The van der Waals surface area contributed by atoms with Gasteiger partial charge in [-0.3, -0.25) is 5.10 Å². The average Bonchev–Trinajstić information content (AvgIpc) is 3.01. The average molecular weight is 310 g/mol. The third-order valence-corrected chi connectivity index (χ3v) is 4.07. The standard InChI is InChI=1S/C13H13BrFN3/c14-10-6-5-9(7-11(10)15)13-16-12(17-18-13)8-3-1-2-4-8/h5-8H,1-4H2,(H,16,17,18). The fraction of sp³-hybridized carbons (Fsp3) is 0.385. The number of nitrogens with zero attached hydrogens (tertiary/aromatic N) is 2. The zero-order valence-corrected chi connectivity index (χ0v) is 11.4. The first-order valence-corrected chi connectivity index (χ1v) is 6.91. The van der Waals surface area contributed by atoms with Crippen LogP contribution in [-0.4, -0.2) is 15.2 Å². The molecule has 0 bridgehead atoms. The Hall–Kier alpha value is -1.23. The van der Waals surface area contributed by atoms with Gasteiger partial charge in [0.05, 0.1) is 4.47 Å². The van der Waals surface area contributed by atoms with Gasteiger partial charge in [-0.2, -0.15) is 5.10 Å².